The molecule has 0 amide bonds. The van der Waals surface area contributed by atoms with Crippen molar-refractivity contribution < 1.29 is 4.42 Å². The van der Waals surface area contributed by atoms with Crippen molar-refractivity contribution in [1.82, 2.24) is 10.4 Å². The molecule has 4 aromatic carbocycles. The van der Waals surface area contributed by atoms with Gasteiger partial charge in [0.2, 0.25) is 5.89 Å². The average Bonchev–Trinajstić information content (AvgIpc) is 3.54. The number of fused-ring (bicyclic) bond motifs is 1. The van der Waals surface area contributed by atoms with Crippen LogP contribution in [-0.4, -0.2) is 19.1 Å². The molecule has 0 fully saturated rings. The molecule has 0 bridgehead atoms. The van der Waals surface area contributed by atoms with E-state index < -0.39 is 0 Å². The van der Waals surface area contributed by atoms with Crippen molar-refractivity contribution in [2.45, 2.75) is 13.0 Å². The Bertz CT molecular complexity index is 1410. The molecule has 0 radical (unpaired) electrons. The van der Waals surface area contributed by atoms with Crippen molar-refractivity contribution in [2.24, 2.45) is 0 Å². The van der Waals surface area contributed by atoms with E-state index in [-0.39, 0.29) is 6.04 Å². The van der Waals surface area contributed by atoms with Gasteiger partial charge in [-0.25, -0.2) is 4.98 Å². The monoisotopic (exact) mass is 474 g/mol. The third kappa shape index (κ3) is 5.10. The molecule has 5 nitrogen and oxygen atoms in total. The molecule has 1 aromatic heterocycles. The molecule has 5 heteroatoms. The molecule has 2 heterocycles. The van der Waals surface area contributed by atoms with Crippen LogP contribution in [0.5, 0.6) is 0 Å². The maximum Gasteiger partial charge on any atom is 0.227 e. The van der Waals surface area contributed by atoms with Gasteiger partial charge in [0.15, 0.2) is 5.58 Å². The van der Waals surface area contributed by atoms with Crippen molar-refractivity contribution in [3.63, 3.8) is 0 Å². The summed E-state index contributed by atoms with van der Waals surface area (Å²) in [7, 11) is 4.04. The Morgan fingerprint density at radius 1 is 0.778 bits per heavy atom. The van der Waals surface area contributed by atoms with Crippen LogP contribution in [-0.2, 0) is 0 Å². The molecule has 0 saturated heterocycles. The first-order valence-corrected chi connectivity index (χ1v) is 12.1. The predicted octanol–water partition coefficient (Wildman–Crippen LogP) is 7.22. The van der Waals surface area contributed by atoms with E-state index in [9.17, 15) is 0 Å². The van der Waals surface area contributed by atoms with Crippen LogP contribution >= 0.6 is 0 Å². The molecule has 0 aliphatic carbocycles. The quantitative estimate of drug-likeness (QED) is 0.298. The maximum absolute atomic E-state index is 5.73. The number of benzene rings is 4. The number of aromatic nitrogens is 1. The highest BCUT2D eigenvalue weighted by molar-refractivity contribution is 5.76. The summed E-state index contributed by atoms with van der Waals surface area (Å²) >= 11 is 0. The number of oxazole rings is 1. The van der Waals surface area contributed by atoms with Gasteiger partial charge in [0.1, 0.15) is 5.52 Å². The lowest BCUT2D eigenvalue weighted by Gasteiger charge is -2.27. The van der Waals surface area contributed by atoms with Crippen LogP contribution in [0.1, 0.15) is 18.5 Å². The Morgan fingerprint density at radius 2 is 1.42 bits per heavy atom. The van der Waals surface area contributed by atoms with Gasteiger partial charge in [-0.3, -0.25) is 5.01 Å². The van der Waals surface area contributed by atoms with Gasteiger partial charge in [-0.1, -0.05) is 60.7 Å². The third-order valence-corrected chi connectivity index (χ3v) is 6.08. The van der Waals surface area contributed by atoms with E-state index in [2.05, 4.69) is 100 Å². The van der Waals surface area contributed by atoms with Crippen LogP contribution in [0.15, 0.2) is 125 Å². The second kappa shape index (κ2) is 10.4. The van der Waals surface area contributed by atoms with Crippen LogP contribution in [0.25, 0.3) is 22.6 Å². The number of allylic oxidation sites excluding steroid dienone is 1. The Kier molecular flexibility index (Phi) is 6.72. The Morgan fingerprint density at radius 3 is 2.08 bits per heavy atom. The lowest BCUT2D eigenvalue weighted by atomic mass is 10.1. The largest absolute Gasteiger partial charge is 0.436 e. The second-order valence-electron chi connectivity index (χ2n) is 8.95. The van der Waals surface area contributed by atoms with Crippen molar-refractivity contribution in [3.05, 3.63) is 127 Å². The first-order chi connectivity index (χ1) is 17.6. The highest BCUT2D eigenvalue weighted by Crippen LogP contribution is 2.31. The van der Waals surface area contributed by atoms with Crippen LogP contribution in [0.4, 0.5) is 11.4 Å². The number of nitrogens with one attached hydrogen (secondary N) is 1. The molecule has 1 aliphatic rings. The zero-order valence-corrected chi connectivity index (χ0v) is 20.8. The number of hydrogen-bond donors (Lipinski definition) is 1. The third-order valence-electron chi connectivity index (χ3n) is 6.08. The molecule has 6 rings (SSSR count). The van der Waals surface area contributed by atoms with E-state index in [0.29, 0.717) is 5.89 Å². The van der Waals surface area contributed by atoms with E-state index >= 15 is 0 Å². The van der Waals surface area contributed by atoms with Crippen LogP contribution in [0, 0.1) is 0 Å². The summed E-state index contributed by atoms with van der Waals surface area (Å²) in [5, 5.41) is 2.20. The molecule has 180 valence electrons. The summed E-state index contributed by atoms with van der Waals surface area (Å²) < 4.78 is 5.73. The lowest BCUT2D eigenvalue weighted by Crippen LogP contribution is -2.33. The Balaban J connectivity index is 0.000000148. The molecule has 1 aliphatic heterocycles. The normalized spacial score (nSPS) is 14.6. The Hall–Kier alpha value is -4.51. The van der Waals surface area contributed by atoms with Gasteiger partial charge < -0.3 is 14.7 Å². The van der Waals surface area contributed by atoms with E-state index in [0.717, 1.165) is 22.4 Å². The SMILES string of the molecule is CC1=CC(c2ccccc2)N(c2ccccc2)N1.CN(C)c1ccc(-c2nc3ccccc3o2)cc1. The molecular weight excluding hydrogens is 444 g/mol. The number of nitrogens with zero attached hydrogens (tertiary/aromatic N) is 3. The first-order valence-electron chi connectivity index (χ1n) is 12.1. The molecular formula is C31H30N4O. The second-order valence-corrected chi connectivity index (χ2v) is 8.95. The fourth-order valence-electron chi connectivity index (χ4n) is 4.22. The minimum atomic E-state index is 0.258. The number of hydrazine groups is 1. The van der Waals surface area contributed by atoms with Crippen LogP contribution in [0.2, 0.25) is 0 Å². The van der Waals surface area contributed by atoms with E-state index in [1.807, 2.05) is 56.6 Å². The predicted molar refractivity (Wildman–Crippen MR) is 149 cm³/mol. The van der Waals surface area contributed by atoms with Crippen LogP contribution in [0.3, 0.4) is 0 Å². The van der Waals surface area contributed by atoms with Crippen molar-refractivity contribution >= 4 is 22.5 Å². The van der Waals surface area contributed by atoms with Crippen LogP contribution < -0.4 is 15.3 Å². The van der Waals surface area contributed by atoms with E-state index in [1.165, 1.54) is 16.9 Å². The van der Waals surface area contributed by atoms with Gasteiger partial charge >= 0.3 is 0 Å². The topological polar surface area (TPSA) is 44.5 Å². The summed E-state index contributed by atoms with van der Waals surface area (Å²) in [6.07, 6.45) is 2.25. The minimum absolute atomic E-state index is 0.258. The van der Waals surface area contributed by atoms with Crippen molar-refractivity contribution in [1.29, 1.82) is 0 Å². The number of para-hydroxylation sites is 3. The fraction of sp³-hybridized carbons (Fsp3) is 0.129. The zero-order valence-electron chi connectivity index (χ0n) is 20.8. The molecule has 36 heavy (non-hydrogen) atoms. The highest BCUT2D eigenvalue weighted by atomic mass is 16.3. The van der Waals surface area contributed by atoms with Gasteiger partial charge in [0.05, 0.1) is 11.7 Å². The summed E-state index contributed by atoms with van der Waals surface area (Å²) in [6, 6.07) is 37.2. The van der Waals surface area contributed by atoms with Gasteiger partial charge in [0, 0.05) is 31.0 Å². The lowest BCUT2D eigenvalue weighted by molar-refractivity contribution is 0.620. The molecule has 0 spiro atoms. The van der Waals surface area contributed by atoms with Crippen molar-refractivity contribution in [2.75, 3.05) is 24.0 Å². The average molecular weight is 475 g/mol. The van der Waals surface area contributed by atoms with Gasteiger partial charge in [-0.2, -0.15) is 0 Å². The zero-order chi connectivity index (χ0) is 24.9. The van der Waals surface area contributed by atoms with Gasteiger partial charge in [-0.15, -0.1) is 0 Å². The first kappa shape index (κ1) is 23.2. The standard InChI is InChI=1S/C16H16N2.C15H14N2O/c1-13-12-16(14-8-4-2-5-9-14)18(17-13)15-10-6-3-7-11-15;1-17(2)12-9-7-11(8-10-12)15-16-13-5-3-4-6-14(13)18-15/h2-12,16-17H,1H3;3-10H,1-2H3. The minimum Gasteiger partial charge on any atom is -0.436 e. The van der Waals surface area contributed by atoms with Gasteiger partial charge in [-0.05, 0) is 67.1 Å². The number of anilines is 2. The summed E-state index contributed by atoms with van der Waals surface area (Å²) in [5.74, 6) is 0.668. The molecule has 1 unspecified atom stereocenters. The summed E-state index contributed by atoms with van der Waals surface area (Å²) in [5.41, 5.74) is 11.0. The summed E-state index contributed by atoms with van der Waals surface area (Å²) in [6.45, 7) is 2.10. The number of hydrogen-bond acceptors (Lipinski definition) is 5. The molecule has 0 saturated carbocycles. The molecule has 1 atom stereocenters. The number of rotatable bonds is 4. The summed E-state index contributed by atoms with van der Waals surface area (Å²) in [4.78, 5) is 6.54. The maximum atomic E-state index is 5.73. The van der Waals surface area contributed by atoms with E-state index in [4.69, 9.17) is 4.42 Å². The molecule has 1 N–H and O–H groups in total. The molecule has 5 aromatic rings. The van der Waals surface area contributed by atoms with E-state index in [1.54, 1.807) is 0 Å². The van der Waals surface area contributed by atoms with Crippen molar-refractivity contribution in [3.8, 4) is 11.5 Å². The Labute approximate surface area is 212 Å². The smallest absolute Gasteiger partial charge is 0.227 e. The van der Waals surface area contributed by atoms with Gasteiger partial charge in [0.25, 0.3) is 0 Å². The highest BCUT2D eigenvalue weighted by Gasteiger charge is 2.24. The fourth-order valence-corrected chi connectivity index (χ4v) is 4.22.